The highest BCUT2D eigenvalue weighted by atomic mass is 16.5. The fourth-order valence-electron chi connectivity index (χ4n) is 2.61. The van der Waals surface area contributed by atoms with Crippen molar-refractivity contribution >= 4 is 5.97 Å². The van der Waals surface area contributed by atoms with Gasteiger partial charge in [-0.25, -0.2) is 0 Å². The molecule has 0 saturated carbocycles. The summed E-state index contributed by atoms with van der Waals surface area (Å²) in [6.07, 6.45) is 2.47. The smallest absolute Gasteiger partial charge is 0.321 e. The second kappa shape index (κ2) is 10.5. The number of methoxy groups -OCH3 is 1. The molecule has 1 atom stereocenters. The normalized spacial score (nSPS) is 11.8. The molecule has 140 valence electrons. The first-order chi connectivity index (χ1) is 12.6. The molecular formula is C21H27NO4. The molecule has 0 aliphatic rings. The Labute approximate surface area is 155 Å². The van der Waals surface area contributed by atoms with Gasteiger partial charge in [0, 0.05) is 6.54 Å². The van der Waals surface area contributed by atoms with Gasteiger partial charge in [-0.15, -0.1) is 0 Å². The molecule has 26 heavy (non-hydrogen) atoms. The zero-order valence-electron chi connectivity index (χ0n) is 15.4. The number of nitrogens with one attached hydrogen (secondary N) is 1. The van der Waals surface area contributed by atoms with Gasteiger partial charge in [-0.1, -0.05) is 49.7 Å². The van der Waals surface area contributed by atoms with Gasteiger partial charge in [-0.3, -0.25) is 4.79 Å². The third-order valence-corrected chi connectivity index (χ3v) is 4.12. The van der Waals surface area contributed by atoms with E-state index in [2.05, 4.69) is 12.2 Å². The fraction of sp³-hybridized carbons (Fsp3) is 0.381. The van der Waals surface area contributed by atoms with Gasteiger partial charge in [0.05, 0.1) is 13.7 Å². The third-order valence-electron chi connectivity index (χ3n) is 4.12. The van der Waals surface area contributed by atoms with Crippen LogP contribution in [0.4, 0.5) is 0 Å². The predicted molar refractivity (Wildman–Crippen MR) is 102 cm³/mol. The minimum atomic E-state index is -0.859. The highest BCUT2D eigenvalue weighted by Gasteiger charge is 2.17. The summed E-state index contributed by atoms with van der Waals surface area (Å²) in [6, 6.07) is 14.6. The Kier molecular flexibility index (Phi) is 7.96. The average molecular weight is 357 g/mol. The van der Waals surface area contributed by atoms with Crippen molar-refractivity contribution in [3.05, 3.63) is 59.7 Å². The van der Waals surface area contributed by atoms with Gasteiger partial charge in [0.1, 0.15) is 6.04 Å². The second-order valence-electron chi connectivity index (χ2n) is 6.15. The van der Waals surface area contributed by atoms with Crippen LogP contribution >= 0.6 is 0 Å². The van der Waals surface area contributed by atoms with Gasteiger partial charge < -0.3 is 19.9 Å². The molecule has 2 aromatic rings. The summed E-state index contributed by atoms with van der Waals surface area (Å²) >= 11 is 0. The Morgan fingerprint density at radius 3 is 2.54 bits per heavy atom. The summed E-state index contributed by atoms with van der Waals surface area (Å²) in [5.41, 5.74) is 1.95. The van der Waals surface area contributed by atoms with E-state index in [4.69, 9.17) is 9.47 Å². The molecular weight excluding hydrogens is 330 g/mol. The lowest BCUT2D eigenvalue weighted by Crippen LogP contribution is -2.38. The largest absolute Gasteiger partial charge is 0.493 e. The number of carboxylic acid groups (broad SMARTS) is 1. The number of rotatable bonds is 11. The molecule has 1 unspecified atom stereocenters. The van der Waals surface area contributed by atoms with Gasteiger partial charge in [0.25, 0.3) is 0 Å². The molecule has 5 nitrogen and oxygen atoms in total. The SMILES string of the molecule is CCCCOc1cc(CNC(Cc2ccccc2)C(=O)O)ccc1OC. The van der Waals surface area contributed by atoms with Crippen molar-refractivity contribution in [3.63, 3.8) is 0 Å². The number of carboxylic acids is 1. The number of ether oxygens (including phenoxy) is 2. The van der Waals surface area contributed by atoms with E-state index in [1.54, 1.807) is 7.11 Å². The Morgan fingerprint density at radius 1 is 1.12 bits per heavy atom. The first kappa shape index (κ1) is 19.8. The van der Waals surface area contributed by atoms with Crippen LogP contribution in [0.15, 0.2) is 48.5 Å². The maximum Gasteiger partial charge on any atom is 0.321 e. The van der Waals surface area contributed by atoms with Crippen LogP contribution < -0.4 is 14.8 Å². The molecule has 0 radical (unpaired) electrons. The number of hydrogen-bond acceptors (Lipinski definition) is 4. The highest BCUT2D eigenvalue weighted by Crippen LogP contribution is 2.28. The molecule has 5 heteroatoms. The highest BCUT2D eigenvalue weighted by molar-refractivity contribution is 5.73. The van der Waals surface area contributed by atoms with Gasteiger partial charge in [0.2, 0.25) is 0 Å². The molecule has 0 spiro atoms. The van der Waals surface area contributed by atoms with E-state index in [9.17, 15) is 9.90 Å². The summed E-state index contributed by atoms with van der Waals surface area (Å²) in [5.74, 6) is 0.515. The molecule has 0 saturated heterocycles. The quantitative estimate of drug-likeness (QED) is 0.601. The number of benzene rings is 2. The van der Waals surface area contributed by atoms with E-state index in [-0.39, 0.29) is 0 Å². The van der Waals surface area contributed by atoms with E-state index >= 15 is 0 Å². The molecule has 0 bridgehead atoms. The Balaban J connectivity index is 2.01. The second-order valence-corrected chi connectivity index (χ2v) is 6.15. The third kappa shape index (κ3) is 6.08. The zero-order chi connectivity index (χ0) is 18.8. The van der Waals surface area contributed by atoms with E-state index in [0.29, 0.717) is 31.1 Å². The first-order valence-corrected chi connectivity index (χ1v) is 8.93. The summed E-state index contributed by atoms with van der Waals surface area (Å²) in [7, 11) is 1.61. The maximum atomic E-state index is 11.6. The van der Waals surface area contributed by atoms with Crippen LogP contribution in [0.2, 0.25) is 0 Å². The molecule has 0 heterocycles. The Bertz CT molecular complexity index is 688. The molecule has 0 aliphatic heterocycles. The minimum Gasteiger partial charge on any atom is -0.493 e. The number of carbonyl (C=O) groups is 1. The van der Waals surface area contributed by atoms with Crippen LogP contribution in [-0.2, 0) is 17.8 Å². The van der Waals surface area contributed by atoms with Crippen molar-refractivity contribution in [1.29, 1.82) is 0 Å². The van der Waals surface area contributed by atoms with Gasteiger partial charge >= 0.3 is 5.97 Å². The van der Waals surface area contributed by atoms with Crippen LogP contribution in [0.1, 0.15) is 30.9 Å². The summed E-state index contributed by atoms with van der Waals surface area (Å²) < 4.78 is 11.1. The lowest BCUT2D eigenvalue weighted by molar-refractivity contribution is -0.139. The number of aliphatic carboxylic acids is 1. The van der Waals surface area contributed by atoms with Crippen LogP contribution in [-0.4, -0.2) is 30.8 Å². The molecule has 0 amide bonds. The van der Waals surface area contributed by atoms with Crippen molar-refractivity contribution in [2.75, 3.05) is 13.7 Å². The van der Waals surface area contributed by atoms with Crippen molar-refractivity contribution in [3.8, 4) is 11.5 Å². The Hall–Kier alpha value is -2.53. The average Bonchev–Trinajstić information content (AvgIpc) is 2.66. The molecule has 2 N–H and O–H groups in total. The first-order valence-electron chi connectivity index (χ1n) is 8.93. The zero-order valence-corrected chi connectivity index (χ0v) is 15.4. The van der Waals surface area contributed by atoms with Crippen molar-refractivity contribution < 1.29 is 19.4 Å². The van der Waals surface area contributed by atoms with Gasteiger partial charge in [-0.05, 0) is 36.1 Å². The van der Waals surface area contributed by atoms with Gasteiger partial charge in [-0.2, -0.15) is 0 Å². The lowest BCUT2D eigenvalue weighted by atomic mass is 10.1. The summed E-state index contributed by atoms with van der Waals surface area (Å²) in [6.45, 7) is 3.19. The van der Waals surface area contributed by atoms with Crippen molar-refractivity contribution in [2.24, 2.45) is 0 Å². The van der Waals surface area contributed by atoms with E-state index in [1.165, 1.54) is 0 Å². The van der Waals surface area contributed by atoms with Crippen LogP contribution in [0, 0.1) is 0 Å². The molecule has 2 aromatic carbocycles. The molecule has 0 aromatic heterocycles. The van der Waals surface area contributed by atoms with Gasteiger partial charge in [0.15, 0.2) is 11.5 Å². The van der Waals surface area contributed by atoms with Crippen LogP contribution in [0.3, 0.4) is 0 Å². The molecule has 2 rings (SSSR count). The van der Waals surface area contributed by atoms with E-state index < -0.39 is 12.0 Å². The van der Waals surface area contributed by atoms with E-state index in [1.807, 2.05) is 48.5 Å². The minimum absolute atomic E-state index is 0.437. The van der Waals surface area contributed by atoms with Crippen LogP contribution in [0.25, 0.3) is 0 Å². The molecule has 0 fully saturated rings. The number of hydrogen-bond donors (Lipinski definition) is 2. The maximum absolute atomic E-state index is 11.6. The molecule has 0 aliphatic carbocycles. The Morgan fingerprint density at radius 2 is 1.88 bits per heavy atom. The summed E-state index contributed by atoms with van der Waals surface area (Å²) in [5, 5.41) is 12.6. The van der Waals surface area contributed by atoms with Crippen molar-refractivity contribution in [1.82, 2.24) is 5.32 Å². The lowest BCUT2D eigenvalue weighted by Gasteiger charge is -2.16. The summed E-state index contributed by atoms with van der Waals surface area (Å²) in [4.78, 5) is 11.6. The fourth-order valence-corrected chi connectivity index (χ4v) is 2.61. The number of unbranched alkanes of at least 4 members (excludes halogenated alkanes) is 1. The van der Waals surface area contributed by atoms with E-state index in [0.717, 1.165) is 24.0 Å². The topological polar surface area (TPSA) is 67.8 Å². The van der Waals surface area contributed by atoms with Crippen LogP contribution in [0.5, 0.6) is 11.5 Å². The standard InChI is InChI=1S/C21H27NO4/c1-3-4-12-26-20-14-17(10-11-19(20)25-2)15-22-18(21(23)24)13-16-8-6-5-7-9-16/h5-11,14,18,22H,3-4,12-13,15H2,1-2H3,(H,23,24). The predicted octanol–water partition coefficient (Wildman–Crippen LogP) is 3.66. The monoisotopic (exact) mass is 357 g/mol. The van der Waals surface area contributed by atoms with Crippen molar-refractivity contribution in [2.45, 2.75) is 38.8 Å².